The van der Waals surface area contributed by atoms with E-state index in [9.17, 15) is 14.4 Å². The zero-order chi connectivity index (χ0) is 24.2. The van der Waals surface area contributed by atoms with Crippen LogP contribution < -0.4 is 10.2 Å². The molecular formula is C25H24ClN3O3S2. The van der Waals surface area contributed by atoms with Gasteiger partial charge in [0, 0.05) is 22.8 Å². The fourth-order valence-electron chi connectivity index (χ4n) is 4.01. The van der Waals surface area contributed by atoms with Gasteiger partial charge in [0.25, 0.3) is 11.8 Å². The van der Waals surface area contributed by atoms with Crippen molar-refractivity contribution in [3.8, 4) is 0 Å². The molecule has 0 bridgehead atoms. The van der Waals surface area contributed by atoms with Gasteiger partial charge >= 0.3 is 0 Å². The number of fused-ring (bicyclic) bond motifs is 1. The number of hydrogen-bond acceptors (Lipinski definition) is 5. The van der Waals surface area contributed by atoms with E-state index in [0.717, 1.165) is 37.4 Å². The van der Waals surface area contributed by atoms with E-state index in [4.69, 9.17) is 23.8 Å². The second-order valence-electron chi connectivity index (χ2n) is 8.06. The Bertz CT molecular complexity index is 1200. The van der Waals surface area contributed by atoms with Crippen LogP contribution in [0.1, 0.15) is 38.2 Å². The van der Waals surface area contributed by atoms with Gasteiger partial charge in [0.15, 0.2) is 0 Å². The number of halogens is 1. The normalized spacial score (nSPS) is 17.5. The van der Waals surface area contributed by atoms with E-state index in [0.29, 0.717) is 43.3 Å². The lowest BCUT2D eigenvalue weighted by Gasteiger charge is -2.17. The van der Waals surface area contributed by atoms with E-state index in [1.54, 1.807) is 47.4 Å². The number of benzene rings is 2. The minimum atomic E-state index is -0.381. The van der Waals surface area contributed by atoms with Crippen LogP contribution in [0.25, 0.3) is 5.57 Å². The van der Waals surface area contributed by atoms with Crippen LogP contribution in [0.2, 0.25) is 5.02 Å². The minimum Gasteiger partial charge on any atom is -0.324 e. The molecule has 176 valence electrons. The van der Waals surface area contributed by atoms with Gasteiger partial charge in [-0.3, -0.25) is 24.2 Å². The van der Waals surface area contributed by atoms with Crippen molar-refractivity contribution in [1.82, 2.24) is 4.90 Å². The number of hydrogen-bond donors (Lipinski definition) is 1. The lowest BCUT2D eigenvalue weighted by atomic mass is 10.1. The fraction of sp³-hybridized carbons (Fsp3) is 0.280. The topological polar surface area (TPSA) is 69.7 Å². The average molecular weight is 514 g/mol. The van der Waals surface area contributed by atoms with Gasteiger partial charge in [-0.2, -0.15) is 0 Å². The molecule has 0 aliphatic carbocycles. The minimum absolute atomic E-state index is 0.191. The third kappa shape index (κ3) is 5.04. The molecule has 1 saturated heterocycles. The maximum atomic E-state index is 13.5. The zero-order valence-electron chi connectivity index (χ0n) is 18.7. The van der Waals surface area contributed by atoms with Crippen molar-refractivity contribution >= 4 is 74.6 Å². The number of rotatable bonds is 8. The van der Waals surface area contributed by atoms with Crippen molar-refractivity contribution < 1.29 is 14.4 Å². The number of nitrogens with zero attached hydrogens (tertiary/aromatic N) is 2. The summed E-state index contributed by atoms with van der Waals surface area (Å²) in [5, 5.41) is 3.27. The standard InChI is InChI=1S/C25H24ClN3O3S2/c1-2-3-4-7-13-28-24(32)22(34-25(28)33)21-18-11-5-6-12-19(18)29(23(21)31)15-20(30)27-17-10-8-9-16(26)14-17/h5-6,8-12,14H,2-4,7,13,15H2,1H3,(H,27,30). The molecule has 4 rings (SSSR count). The lowest BCUT2D eigenvalue weighted by Crippen LogP contribution is -2.35. The lowest BCUT2D eigenvalue weighted by molar-refractivity contribution is -0.122. The Morgan fingerprint density at radius 1 is 1.03 bits per heavy atom. The van der Waals surface area contributed by atoms with Crippen molar-refractivity contribution in [3.05, 3.63) is 64.0 Å². The summed E-state index contributed by atoms with van der Waals surface area (Å²) < 4.78 is 0.464. The Hall–Kier alpha value is -2.68. The second kappa shape index (κ2) is 10.7. The molecule has 2 aromatic rings. The first-order chi connectivity index (χ1) is 16.4. The smallest absolute Gasteiger partial charge is 0.267 e. The number of amides is 3. The number of nitrogens with one attached hydrogen (secondary N) is 1. The molecule has 1 fully saturated rings. The number of thioether (sulfide) groups is 1. The molecule has 2 heterocycles. The van der Waals surface area contributed by atoms with Gasteiger partial charge in [-0.1, -0.05) is 86.0 Å². The number of carbonyl (C=O) groups is 3. The number of thiocarbonyl (C=S) groups is 1. The molecule has 0 aromatic heterocycles. The molecule has 1 N–H and O–H groups in total. The van der Waals surface area contributed by atoms with Gasteiger partial charge in [-0.15, -0.1) is 0 Å². The zero-order valence-corrected chi connectivity index (χ0v) is 21.1. The highest BCUT2D eigenvalue weighted by Gasteiger charge is 2.42. The van der Waals surface area contributed by atoms with Gasteiger partial charge in [-0.25, -0.2) is 0 Å². The summed E-state index contributed by atoms with van der Waals surface area (Å²) in [6.45, 7) is 2.49. The summed E-state index contributed by atoms with van der Waals surface area (Å²) in [5.41, 5.74) is 2.08. The van der Waals surface area contributed by atoms with Crippen LogP contribution in [-0.2, 0) is 14.4 Å². The van der Waals surface area contributed by atoms with E-state index in [-0.39, 0.29) is 24.3 Å². The first-order valence-corrected chi connectivity index (χ1v) is 12.8. The summed E-state index contributed by atoms with van der Waals surface area (Å²) in [6, 6.07) is 14.0. The molecule has 2 aromatic carbocycles. The maximum Gasteiger partial charge on any atom is 0.267 e. The highest BCUT2D eigenvalue weighted by atomic mass is 35.5. The van der Waals surface area contributed by atoms with Crippen LogP contribution in [0, 0.1) is 0 Å². The van der Waals surface area contributed by atoms with E-state index in [1.165, 1.54) is 4.90 Å². The van der Waals surface area contributed by atoms with Crippen molar-refractivity contribution in [2.75, 3.05) is 23.3 Å². The predicted molar refractivity (Wildman–Crippen MR) is 142 cm³/mol. The summed E-state index contributed by atoms with van der Waals surface area (Å²) in [4.78, 5) is 42.8. The van der Waals surface area contributed by atoms with Crippen LogP contribution in [0.3, 0.4) is 0 Å². The first-order valence-electron chi connectivity index (χ1n) is 11.1. The Balaban J connectivity index is 1.57. The molecule has 6 nitrogen and oxygen atoms in total. The van der Waals surface area contributed by atoms with Crippen LogP contribution in [0.5, 0.6) is 0 Å². The van der Waals surface area contributed by atoms with Crippen molar-refractivity contribution in [2.24, 2.45) is 0 Å². The molecule has 9 heteroatoms. The van der Waals surface area contributed by atoms with Crippen LogP contribution in [0.4, 0.5) is 11.4 Å². The predicted octanol–water partition coefficient (Wildman–Crippen LogP) is 5.48. The molecule has 0 saturated carbocycles. The van der Waals surface area contributed by atoms with E-state index in [2.05, 4.69) is 12.2 Å². The average Bonchev–Trinajstić information content (AvgIpc) is 3.24. The Morgan fingerprint density at radius 3 is 2.59 bits per heavy atom. The van der Waals surface area contributed by atoms with E-state index < -0.39 is 0 Å². The molecule has 0 spiro atoms. The number of para-hydroxylation sites is 1. The maximum absolute atomic E-state index is 13.5. The Kier molecular flexibility index (Phi) is 7.70. The highest BCUT2D eigenvalue weighted by molar-refractivity contribution is 8.26. The number of unbranched alkanes of at least 4 members (excludes halogenated alkanes) is 3. The van der Waals surface area contributed by atoms with Crippen LogP contribution in [-0.4, -0.2) is 40.0 Å². The first kappa shape index (κ1) is 24.4. The Labute approximate surface area is 213 Å². The molecule has 0 unspecified atom stereocenters. The van der Waals surface area contributed by atoms with Crippen molar-refractivity contribution in [1.29, 1.82) is 0 Å². The molecule has 2 aliphatic heterocycles. The summed E-state index contributed by atoms with van der Waals surface area (Å²) in [7, 11) is 0. The molecule has 3 amide bonds. The third-order valence-corrected chi connectivity index (χ3v) is 7.33. The molecule has 0 atom stereocenters. The third-order valence-electron chi connectivity index (χ3n) is 5.64. The van der Waals surface area contributed by atoms with Gasteiger partial charge in [0.1, 0.15) is 10.9 Å². The quantitative estimate of drug-likeness (QED) is 0.287. The highest BCUT2D eigenvalue weighted by Crippen LogP contribution is 2.44. The Morgan fingerprint density at radius 2 is 1.82 bits per heavy atom. The number of anilines is 2. The second-order valence-corrected chi connectivity index (χ2v) is 10.1. The molecule has 34 heavy (non-hydrogen) atoms. The van der Waals surface area contributed by atoms with Crippen molar-refractivity contribution in [3.63, 3.8) is 0 Å². The van der Waals surface area contributed by atoms with Crippen LogP contribution in [0.15, 0.2) is 53.4 Å². The largest absolute Gasteiger partial charge is 0.324 e. The molecule has 2 aliphatic rings. The van der Waals surface area contributed by atoms with E-state index >= 15 is 0 Å². The SMILES string of the molecule is CCCCCCN1C(=O)C(=C2C(=O)N(CC(=O)Nc3cccc(Cl)c3)c3ccccc32)SC1=S. The van der Waals surface area contributed by atoms with Crippen LogP contribution >= 0.6 is 35.6 Å². The summed E-state index contributed by atoms with van der Waals surface area (Å²) in [5.74, 6) is -0.987. The summed E-state index contributed by atoms with van der Waals surface area (Å²) in [6.07, 6.45) is 4.10. The van der Waals surface area contributed by atoms with E-state index in [1.807, 2.05) is 6.07 Å². The fourth-order valence-corrected chi connectivity index (χ4v) is 5.58. The molecule has 0 radical (unpaired) electrons. The molecular weight excluding hydrogens is 490 g/mol. The monoisotopic (exact) mass is 513 g/mol. The van der Waals surface area contributed by atoms with Gasteiger partial charge in [0.2, 0.25) is 5.91 Å². The number of carbonyl (C=O) groups excluding carboxylic acids is 3. The summed E-state index contributed by atoms with van der Waals surface area (Å²) >= 11 is 12.6. The van der Waals surface area contributed by atoms with Gasteiger partial charge < -0.3 is 5.32 Å². The van der Waals surface area contributed by atoms with Gasteiger partial charge in [-0.05, 0) is 30.7 Å². The van der Waals surface area contributed by atoms with Crippen molar-refractivity contribution in [2.45, 2.75) is 32.6 Å². The van der Waals surface area contributed by atoms with Gasteiger partial charge in [0.05, 0.1) is 16.2 Å².